The van der Waals surface area contributed by atoms with Crippen molar-refractivity contribution in [3.8, 4) is 0 Å². The van der Waals surface area contributed by atoms with Gasteiger partial charge in [-0.1, -0.05) is 6.07 Å². The molecule has 108 valence electrons. The fraction of sp³-hybridized carbons (Fsp3) is 0.214. The lowest BCUT2D eigenvalue weighted by atomic mass is 10.1. The predicted molar refractivity (Wildman–Crippen MR) is 79.6 cm³/mol. The normalized spacial score (nSPS) is 12.5. The minimum atomic E-state index is -0.384. The molecular formula is C14H13N3O3S. The molecule has 3 heterocycles. The van der Waals surface area contributed by atoms with Crippen LogP contribution in [0.5, 0.6) is 0 Å². The van der Waals surface area contributed by atoms with E-state index < -0.39 is 0 Å². The Bertz CT molecular complexity index is 848. The van der Waals surface area contributed by atoms with Crippen molar-refractivity contribution in [2.45, 2.75) is 19.9 Å². The van der Waals surface area contributed by atoms with Crippen LogP contribution in [0.15, 0.2) is 33.1 Å². The minimum absolute atomic E-state index is 0.141. The number of hydrogen-bond acceptors (Lipinski definition) is 5. The third kappa shape index (κ3) is 2.36. The number of H-pyrrole nitrogens is 1. The third-order valence-corrected chi connectivity index (χ3v) is 4.27. The monoisotopic (exact) mass is 303 g/mol. The summed E-state index contributed by atoms with van der Waals surface area (Å²) in [7, 11) is 0. The lowest BCUT2D eigenvalue weighted by Gasteiger charge is -2.11. The van der Waals surface area contributed by atoms with Crippen LogP contribution in [0.4, 0.5) is 0 Å². The Labute approximate surface area is 123 Å². The van der Waals surface area contributed by atoms with E-state index in [-0.39, 0.29) is 34.2 Å². The first-order chi connectivity index (χ1) is 10.1. The van der Waals surface area contributed by atoms with E-state index in [0.717, 1.165) is 4.88 Å². The van der Waals surface area contributed by atoms with Gasteiger partial charge in [-0.15, -0.1) is 11.3 Å². The van der Waals surface area contributed by atoms with E-state index in [1.165, 1.54) is 6.33 Å². The third-order valence-electron chi connectivity index (χ3n) is 3.21. The van der Waals surface area contributed by atoms with Gasteiger partial charge in [0.25, 0.3) is 11.5 Å². The summed E-state index contributed by atoms with van der Waals surface area (Å²) in [5.74, 6) is 0.0377. The number of nitrogens with one attached hydrogen (secondary N) is 2. The van der Waals surface area contributed by atoms with E-state index in [9.17, 15) is 9.59 Å². The number of amides is 1. The highest BCUT2D eigenvalue weighted by Gasteiger charge is 2.23. The van der Waals surface area contributed by atoms with Gasteiger partial charge in [-0.3, -0.25) is 9.59 Å². The standard InChI is InChI=1S/C14H13N3O3S/c1-7(9-4-3-5-21-9)17-13(19)10-8(2)20-14-11(10)12(18)15-6-16-14/h3-7H,1-2H3,(H,17,19)(H,15,16,18)/t7-/m0/s1. The number of hydrogen-bond donors (Lipinski definition) is 2. The molecule has 7 heteroatoms. The average Bonchev–Trinajstić information content (AvgIpc) is 3.05. The summed E-state index contributed by atoms with van der Waals surface area (Å²) in [6, 6.07) is 3.73. The number of aryl methyl sites for hydroxylation is 1. The fourth-order valence-electron chi connectivity index (χ4n) is 2.20. The maximum Gasteiger partial charge on any atom is 0.262 e. The number of nitrogens with zero attached hydrogens (tertiary/aromatic N) is 1. The molecule has 1 atom stereocenters. The second kappa shape index (κ2) is 5.17. The Kier molecular flexibility index (Phi) is 3.34. The predicted octanol–water partition coefficient (Wildman–Crippen LogP) is 2.38. The van der Waals surface area contributed by atoms with Crippen molar-refractivity contribution >= 4 is 28.3 Å². The quantitative estimate of drug-likeness (QED) is 0.777. The van der Waals surface area contributed by atoms with Gasteiger partial charge in [-0.2, -0.15) is 0 Å². The number of thiophene rings is 1. The van der Waals surface area contributed by atoms with Gasteiger partial charge in [0.05, 0.1) is 17.9 Å². The lowest BCUT2D eigenvalue weighted by Crippen LogP contribution is -2.27. The number of aromatic amines is 1. The average molecular weight is 303 g/mol. The van der Waals surface area contributed by atoms with Crippen LogP contribution < -0.4 is 10.9 Å². The van der Waals surface area contributed by atoms with Crippen molar-refractivity contribution in [3.05, 3.63) is 50.4 Å². The van der Waals surface area contributed by atoms with Gasteiger partial charge in [0.15, 0.2) is 0 Å². The Hall–Kier alpha value is -2.41. The summed E-state index contributed by atoms with van der Waals surface area (Å²) in [6.45, 7) is 3.54. The van der Waals surface area contributed by atoms with Gasteiger partial charge in [0.1, 0.15) is 11.1 Å². The molecule has 3 aromatic rings. The van der Waals surface area contributed by atoms with Gasteiger partial charge in [0.2, 0.25) is 5.71 Å². The number of fused-ring (bicyclic) bond motifs is 1. The minimum Gasteiger partial charge on any atom is -0.442 e. The first-order valence-electron chi connectivity index (χ1n) is 6.39. The van der Waals surface area contributed by atoms with E-state index in [2.05, 4.69) is 15.3 Å². The molecule has 1 amide bonds. The molecule has 0 spiro atoms. The van der Waals surface area contributed by atoms with Crippen molar-refractivity contribution in [1.82, 2.24) is 15.3 Å². The van der Waals surface area contributed by atoms with E-state index in [0.29, 0.717) is 5.76 Å². The van der Waals surface area contributed by atoms with Crippen molar-refractivity contribution in [3.63, 3.8) is 0 Å². The van der Waals surface area contributed by atoms with Gasteiger partial charge >= 0.3 is 0 Å². The van der Waals surface area contributed by atoms with E-state index in [1.54, 1.807) is 18.3 Å². The number of aromatic nitrogens is 2. The summed E-state index contributed by atoms with van der Waals surface area (Å²) in [5, 5.41) is 5.01. The summed E-state index contributed by atoms with van der Waals surface area (Å²) in [4.78, 5) is 31.8. The molecule has 2 N–H and O–H groups in total. The molecule has 6 nitrogen and oxygen atoms in total. The molecule has 0 aliphatic rings. The molecule has 0 radical (unpaired) electrons. The second-order valence-electron chi connectivity index (χ2n) is 4.66. The smallest absolute Gasteiger partial charge is 0.262 e. The summed E-state index contributed by atoms with van der Waals surface area (Å²) in [5.41, 5.74) is 0.0266. The Balaban J connectivity index is 1.99. The van der Waals surface area contributed by atoms with Crippen LogP contribution in [0.3, 0.4) is 0 Å². The van der Waals surface area contributed by atoms with Crippen molar-refractivity contribution in [2.24, 2.45) is 0 Å². The second-order valence-corrected chi connectivity index (χ2v) is 5.63. The molecule has 0 aromatic carbocycles. The molecule has 0 bridgehead atoms. The zero-order chi connectivity index (χ0) is 15.0. The maximum atomic E-state index is 12.5. The zero-order valence-corrected chi connectivity index (χ0v) is 12.3. The molecule has 3 aromatic heterocycles. The molecule has 0 saturated heterocycles. The highest BCUT2D eigenvalue weighted by atomic mass is 32.1. The molecular weight excluding hydrogens is 290 g/mol. The SMILES string of the molecule is Cc1oc2nc[nH]c(=O)c2c1C(=O)N[C@@H](C)c1cccs1. The molecule has 0 saturated carbocycles. The maximum absolute atomic E-state index is 12.5. The van der Waals surface area contributed by atoms with Gasteiger partial charge in [0, 0.05) is 4.88 Å². The Morgan fingerprint density at radius 1 is 1.52 bits per heavy atom. The van der Waals surface area contributed by atoms with Crippen LogP contribution in [0.25, 0.3) is 11.1 Å². The molecule has 0 unspecified atom stereocenters. The van der Waals surface area contributed by atoms with Crippen LogP contribution >= 0.6 is 11.3 Å². The largest absolute Gasteiger partial charge is 0.442 e. The van der Waals surface area contributed by atoms with E-state index >= 15 is 0 Å². The van der Waals surface area contributed by atoms with Crippen LogP contribution in [0.1, 0.15) is 34.0 Å². The highest BCUT2D eigenvalue weighted by Crippen LogP contribution is 2.23. The number of carbonyl (C=O) groups excluding carboxylic acids is 1. The number of rotatable bonds is 3. The van der Waals surface area contributed by atoms with Gasteiger partial charge in [-0.25, -0.2) is 4.98 Å². The van der Waals surface area contributed by atoms with Gasteiger partial charge < -0.3 is 14.7 Å². The first kappa shape index (κ1) is 13.6. The van der Waals surface area contributed by atoms with Crippen LogP contribution in [0, 0.1) is 6.92 Å². The molecule has 0 aliphatic heterocycles. The van der Waals surface area contributed by atoms with Crippen molar-refractivity contribution < 1.29 is 9.21 Å². The summed E-state index contributed by atoms with van der Waals surface area (Å²) < 4.78 is 5.38. The topological polar surface area (TPSA) is 88.0 Å². The summed E-state index contributed by atoms with van der Waals surface area (Å²) >= 11 is 1.56. The number of carbonyl (C=O) groups is 1. The van der Waals surface area contributed by atoms with Crippen molar-refractivity contribution in [2.75, 3.05) is 0 Å². The van der Waals surface area contributed by atoms with Crippen molar-refractivity contribution in [1.29, 1.82) is 0 Å². The molecule has 3 rings (SSSR count). The number of furan rings is 1. The van der Waals surface area contributed by atoms with E-state index in [1.807, 2.05) is 24.4 Å². The molecule has 0 aliphatic carbocycles. The van der Waals surface area contributed by atoms with Crippen LogP contribution in [-0.4, -0.2) is 15.9 Å². The highest BCUT2D eigenvalue weighted by molar-refractivity contribution is 7.10. The summed E-state index contributed by atoms with van der Waals surface area (Å²) in [6.07, 6.45) is 1.25. The van der Waals surface area contributed by atoms with Crippen LogP contribution in [0.2, 0.25) is 0 Å². The first-order valence-corrected chi connectivity index (χ1v) is 7.27. The van der Waals surface area contributed by atoms with E-state index in [4.69, 9.17) is 4.42 Å². The van der Waals surface area contributed by atoms with Gasteiger partial charge in [-0.05, 0) is 25.3 Å². The fourth-order valence-corrected chi connectivity index (χ4v) is 2.94. The molecule has 21 heavy (non-hydrogen) atoms. The lowest BCUT2D eigenvalue weighted by molar-refractivity contribution is 0.0940. The Morgan fingerprint density at radius 3 is 3.05 bits per heavy atom. The zero-order valence-electron chi connectivity index (χ0n) is 11.5. The molecule has 0 fully saturated rings. The van der Waals surface area contributed by atoms with Crippen LogP contribution in [-0.2, 0) is 0 Å². The Morgan fingerprint density at radius 2 is 2.33 bits per heavy atom.